The molecule has 3 rings (SSSR count). The molecule has 1 aliphatic rings. The van der Waals surface area contributed by atoms with Gasteiger partial charge in [0.05, 0.1) is 17.4 Å². The SMILES string of the molecule is Cc1ccc2ncc(NC(=O)C3(C)CCCCC3)cc2c1. The van der Waals surface area contributed by atoms with Crippen LogP contribution in [0.4, 0.5) is 5.69 Å². The Balaban J connectivity index is 1.82. The van der Waals surface area contributed by atoms with Gasteiger partial charge in [0, 0.05) is 10.8 Å². The number of rotatable bonds is 2. The molecule has 0 aliphatic heterocycles. The second-order valence-electron chi connectivity index (χ2n) is 6.50. The van der Waals surface area contributed by atoms with E-state index >= 15 is 0 Å². The standard InChI is InChI=1S/C18H22N2O/c1-13-6-7-16-14(10-13)11-15(12-19-16)20-17(21)18(2)8-4-3-5-9-18/h6-7,10-12H,3-5,8-9H2,1-2H3,(H,20,21). The Labute approximate surface area is 125 Å². The highest BCUT2D eigenvalue weighted by atomic mass is 16.2. The average molecular weight is 282 g/mol. The summed E-state index contributed by atoms with van der Waals surface area (Å²) >= 11 is 0. The zero-order valence-electron chi connectivity index (χ0n) is 12.8. The second-order valence-corrected chi connectivity index (χ2v) is 6.50. The molecule has 1 amide bonds. The summed E-state index contributed by atoms with van der Waals surface area (Å²) in [6.45, 7) is 4.15. The lowest BCUT2D eigenvalue weighted by Crippen LogP contribution is -2.35. The van der Waals surface area contributed by atoms with Gasteiger partial charge in [0.15, 0.2) is 0 Å². The first-order chi connectivity index (χ1) is 10.1. The molecule has 1 heterocycles. The van der Waals surface area contributed by atoms with Gasteiger partial charge in [-0.3, -0.25) is 9.78 Å². The van der Waals surface area contributed by atoms with Crippen LogP contribution in [0.1, 0.15) is 44.6 Å². The lowest BCUT2D eigenvalue weighted by molar-refractivity contribution is -0.126. The second kappa shape index (κ2) is 5.47. The Morgan fingerprint density at radius 2 is 1.95 bits per heavy atom. The summed E-state index contributed by atoms with van der Waals surface area (Å²) in [7, 11) is 0. The number of nitrogens with one attached hydrogen (secondary N) is 1. The molecule has 1 aromatic carbocycles. The van der Waals surface area contributed by atoms with Gasteiger partial charge < -0.3 is 5.32 Å². The molecule has 0 unspecified atom stereocenters. The number of anilines is 1. The van der Waals surface area contributed by atoms with Gasteiger partial charge in [-0.05, 0) is 38.0 Å². The van der Waals surface area contributed by atoms with Gasteiger partial charge in [-0.25, -0.2) is 0 Å². The van der Waals surface area contributed by atoms with Crippen LogP contribution in [0.3, 0.4) is 0 Å². The monoisotopic (exact) mass is 282 g/mol. The van der Waals surface area contributed by atoms with Gasteiger partial charge in [-0.1, -0.05) is 37.8 Å². The number of amides is 1. The number of fused-ring (bicyclic) bond motifs is 1. The molecule has 3 nitrogen and oxygen atoms in total. The molecule has 21 heavy (non-hydrogen) atoms. The van der Waals surface area contributed by atoms with Gasteiger partial charge in [0.1, 0.15) is 0 Å². The number of hydrogen-bond acceptors (Lipinski definition) is 2. The summed E-state index contributed by atoms with van der Waals surface area (Å²) in [5.41, 5.74) is 2.74. The number of benzene rings is 1. The van der Waals surface area contributed by atoms with Gasteiger partial charge in [0.2, 0.25) is 5.91 Å². The maximum atomic E-state index is 12.6. The fourth-order valence-electron chi connectivity index (χ4n) is 3.16. The third-order valence-corrected chi connectivity index (χ3v) is 4.60. The van der Waals surface area contributed by atoms with Crippen molar-refractivity contribution >= 4 is 22.5 Å². The number of aryl methyl sites for hydroxylation is 1. The maximum absolute atomic E-state index is 12.6. The molecule has 1 N–H and O–H groups in total. The molecule has 1 aromatic heterocycles. The highest BCUT2D eigenvalue weighted by molar-refractivity contribution is 5.96. The van der Waals surface area contributed by atoms with Crippen LogP contribution < -0.4 is 5.32 Å². The van der Waals surface area contributed by atoms with Crippen LogP contribution in [0.25, 0.3) is 10.9 Å². The maximum Gasteiger partial charge on any atom is 0.230 e. The van der Waals surface area contributed by atoms with Gasteiger partial charge in [0.25, 0.3) is 0 Å². The van der Waals surface area contributed by atoms with Crippen molar-refractivity contribution in [3.63, 3.8) is 0 Å². The lowest BCUT2D eigenvalue weighted by atomic mass is 9.75. The Morgan fingerprint density at radius 3 is 2.71 bits per heavy atom. The third-order valence-electron chi connectivity index (χ3n) is 4.60. The summed E-state index contributed by atoms with van der Waals surface area (Å²) in [6, 6.07) is 8.18. The molecule has 3 heteroatoms. The van der Waals surface area contributed by atoms with Crippen LogP contribution in [0, 0.1) is 12.3 Å². The predicted octanol–water partition coefficient (Wildman–Crippen LogP) is 4.45. The van der Waals surface area contributed by atoms with E-state index < -0.39 is 0 Å². The molecule has 1 fully saturated rings. The summed E-state index contributed by atoms with van der Waals surface area (Å²) in [6.07, 6.45) is 7.28. The lowest BCUT2D eigenvalue weighted by Gasteiger charge is -2.31. The van der Waals surface area contributed by atoms with E-state index in [4.69, 9.17) is 0 Å². The van der Waals surface area contributed by atoms with Crippen molar-refractivity contribution in [1.82, 2.24) is 4.98 Å². The van der Waals surface area contributed by atoms with E-state index in [9.17, 15) is 4.79 Å². The van der Waals surface area contributed by atoms with Crippen molar-refractivity contribution in [3.05, 3.63) is 36.0 Å². The highest BCUT2D eigenvalue weighted by Gasteiger charge is 2.34. The van der Waals surface area contributed by atoms with Crippen LogP contribution in [0.2, 0.25) is 0 Å². The largest absolute Gasteiger partial charge is 0.324 e. The van der Waals surface area contributed by atoms with Crippen molar-refractivity contribution in [2.24, 2.45) is 5.41 Å². The number of pyridine rings is 1. The third kappa shape index (κ3) is 2.92. The molecule has 0 atom stereocenters. The van der Waals surface area contributed by atoms with Crippen LogP contribution in [0.15, 0.2) is 30.5 Å². The Kier molecular flexibility index (Phi) is 3.66. The fraction of sp³-hybridized carbons (Fsp3) is 0.444. The molecular formula is C18H22N2O. The zero-order chi connectivity index (χ0) is 14.9. The molecule has 1 aliphatic carbocycles. The van der Waals surface area contributed by atoms with E-state index in [1.54, 1.807) is 6.20 Å². The first kappa shape index (κ1) is 14.1. The fourth-order valence-corrected chi connectivity index (χ4v) is 3.16. The first-order valence-electron chi connectivity index (χ1n) is 7.75. The predicted molar refractivity (Wildman–Crippen MR) is 86.3 cm³/mol. The minimum absolute atomic E-state index is 0.135. The van der Waals surface area contributed by atoms with E-state index in [0.29, 0.717) is 0 Å². The van der Waals surface area contributed by atoms with E-state index in [-0.39, 0.29) is 11.3 Å². The summed E-state index contributed by atoms with van der Waals surface area (Å²) in [4.78, 5) is 17.0. The van der Waals surface area contributed by atoms with Crippen molar-refractivity contribution in [2.75, 3.05) is 5.32 Å². The molecule has 110 valence electrons. The molecule has 0 saturated heterocycles. The normalized spacial score (nSPS) is 17.6. The Morgan fingerprint density at radius 1 is 1.19 bits per heavy atom. The van der Waals surface area contributed by atoms with E-state index in [2.05, 4.69) is 36.3 Å². The molecule has 1 saturated carbocycles. The summed E-state index contributed by atoms with van der Waals surface area (Å²) in [5, 5.41) is 4.13. The quantitative estimate of drug-likeness (QED) is 0.884. The average Bonchev–Trinajstić information content (AvgIpc) is 2.47. The smallest absolute Gasteiger partial charge is 0.230 e. The summed E-state index contributed by atoms with van der Waals surface area (Å²) < 4.78 is 0. The number of nitrogens with zero attached hydrogens (tertiary/aromatic N) is 1. The van der Waals surface area contributed by atoms with Crippen molar-refractivity contribution in [3.8, 4) is 0 Å². The molecule has 2 aromatic rings. The number of hydrogen-bond donors (Lipinski definition) is 1. The van der Waals surface area contributed by atoms with Crippen LogP contribution in [-0.2, 0) is 4.79 Å². The number of carbonyl (C=O) groups is 1. The molecule has 0 bridgehead atoms. The van der Waals surface area contributed by atoms with Gasteiger partial charge in [-0.15, -0.1) is 0 Å². The van der Waals surface area contributed by atoms with Crippen LogP contribution in [-0.4, -0.2) is 10.9 Å². The number of carbonyl (C=O) groups excluding carboxylic acids is 1. The first-order valence-corrected chi connectivity index (χ1v) is 7.75. The Hall–Kier alpha value is -1.90. The van der Waals surface area contributed by atoms with Crippen molar-refractivity contribution in [1.29, 1.82) is 0 Å². The highest BCUT2D eigenvalue weighted by Crippen LogP contribution is 2.36. The Bertz CT molecular complexity index is 672. The molecule has 0 spiro atoms. The van der Waals surface area contributed by atoms with Gasteiger partial charge >= 0.3 is 0 Å². The van der Waals surface area contributed by atoms with E-state index in [1.165, 1.54) is 12.0 Å². The van der Waals surface area contributed by atoms with Gasteiger partial charge in [-0.2, -0.15) is 0 Å². The zero-order valence-corrected chi connectivity index (χ0v) is 12.8. The van der Waals surface area contributed by atoms with Crippen molar-refractivity contribution < 1.29 is 4.79 Å². The topological polar surface area (TPSA) is 42.0 Å². The summed E-state index contributed by atoms with van der Waals surface area (Å²) in [5.74, 6) is 0.135. The molecule has 0 radical (unpaired) electrons. The minimum Gasteiger partial charge on any atom is -0.324 e. The van der Waals surface area contributed by atoms with Crippen LogP contribution in [0.5, 0.6) is 0 Å². The van der Waals surface area contributed by atoms with Crippen LogP contribution >= 0.6 is 0 Å². The molecular weight excluding hydrogens is 260 g/mol. The minimum atomic E-state index is -0.222. The van der Waals surface area contributed by atoms with E-state index in [1.807, 2.05) is 12.1 Å². The number of aromatic nitrogens is 1. The van der Waals surface area contributed by atoms with Crippen molar-refractivity contribution in [2.45, 2.75) is 46.0 Å². The van der Waals surface area contributed by atoms with E-state index in [0.717, 1.165) is 42.3 Å².